The average molecular weight is 419 g/mol. The van der Waals surface area contributed by atoms with Crippen LogP contribution < -0.4 is 5.32 Å². The van der Waals surface area contributed by atoms with Gasteiger partial charge in [0, 0.05) is 23.7 Å². The Kier molecular flexibility index (Phi) is 7.44. The highest BCUT2D eigenvalue weighted by atomic mass is 35.5. The van der Waals surface area contributed by atoms with Crippen LogP contribution in [-0.2, 0) is 14.3 Å². The second-order valence-electron chi connectivity index (χ2n) is 6.35. The summed E-state index contributed by atoms with van der Waals surface area (Å²) in [5.41, 5.74) is 2.36. The second kappa shape index (κ2) is 9.79. The number of rotatable bonds is 8. The number of Topliss-reactive ketones (excluding diaryl/α,β-unsaturated/α-hetero) is 1. The molecule has 1 N–H and O–H groups in total. The van der Waals surface area contributed by atoms with Gasteiger partial charge in [0.2, 0.25) is 0 Å². The molecule has 0 aromatic heterocycles. The first kappa shape index (κ1) is 22.0. The Morgan fingerprint density at radius 1 is 1.07 bits per heavy atom. The fourth-order valence-corrected chi connectivity index (χ4v) is 2.61. The Labute approximate surface area is 172 Å². The summed E-state index contributed by atoms with van der Waals surface area (Å²) in [6, 6.07) is 9.07. The molecule has 29 heavy (non-hydrogen) atoms. The molecule has 8 nitrogen and oxygen atoms in total. The third-order valence-corrected chi connectivity index (χ3v) is 4.50. The highest BCUT2D eigenvalue weighted by Gasteiger charge is 2.15. The number of hydrogen-bond donors (Lipinski definition) is 1. The van der Waals surface area contributed by atoms with Crippen molar-refractivity contribution in [3.8, 4) is 0 Å². The number of anilines is 1. The van der Waals surface area contributed by atoms with E-state index in [1.165, 1.54) is 12.1 Å². The van der Waals surface area contributed by atoms with Gasteiger partial charge >= 0.3 is 5.97 Å². The number of aryl methyl sites for hydroxylation is 2. The first-order chi connectivity index (χ1) is 13.7. The zero-order valence-corrected chi connectivity index (χ0v) is 16.6. The lowest BCUT2D eigenvalue weighted by atomic mass is 10.0. The number of carbonyl (C=O) groups excluding carboxylic acids is 3. The third-order valence-electron chi connectivity index (χ3n) is 4.18. The van der Waals surface area contributed by atoms with Crippen LogP contribution in [0.2, 0.25) is 5.02 Å². The number of nitro benzene ring substituents is 1. The summed E-state index contributed by atoms with van der Waals surface area (Å²) in [5, 5.41) is 13.2. The quantitative estimate of drug-likeness (QED) is 0.299. The Bertz CT molecular complexity index is 973. The van der Waals surface area contributed by atoms with E-state index in [4.69, 9.17) is 16.3 Å². The van der Waals surface area contributed by atoms with E-state index < -0.39 is 23.4 Å². The van der Waals surface area contributed by atoms with Gasteiger partial charge in [-0.25, -0.2) is 0 Å². The number of carbonyl (C=O) groups is 3. The smallest absolute Gasteiger partial charge is 0.306 e. The topological polar surface area (TPSA) is 116 Å². The minimum atomic E-state index is -0.695. The number of ether oxygens (including phenoxy) is 1. The maximum Gasteiger partial charge on any atom is 0.306 e. The van der Waals surface area contributed by atoms with Crippen molar-refractivity contribution in [3.05, 3.63) is 68.2 Å². The zero-order valence-electron chi connectivity index (χ0n) is 15.9. The molecule has 0 aliphatic heterocycles. The summed E-state index contributed by atoms with van der Waals surface area (Å²) in [7, 11) is 0. The van der Waals surface area contributed by atoms with Crippen LogP contribution in [0.5, 0.6) is 0 Å². The molecule has 0 spiro atoms. The van der Waals surface area contributed by atoms with Gasteiger partial charge in [0.15, 0.2) is 12.4 Å². The second-order valence-corrected chi connectivity index (χ2v) is 6.76. The highest BCUT2D eigenvalue weighted by molar-refractivity contribution is 6.32. The molecule has 0 heterocycles. The van der Waals surface area contributed by atoms with Crippen molar-refractivity contribution in [2.75, 3.05) is 11.9 Å². The number of benzene rings is 2. The highest BCUT2D eigenvalue weighted by Crippen LogP contribution is 2.27. The van der Waals surface area contributed by atoms with Crippen molar-refractivity contribution in [2.45, 2.75) is 26.7 Å². The Hall–Kier alpha value is -3.26. The monoisotopic (exact) mass is 418 g/mol. The lowest BCUT2D eigenvalue weighted by Crippen LogP contribution is -2.21. The first-order valence-electron chi connectivity index (χ1n) is 8.67. The normalized spacial score (nSPS) is 10.3. The molecule has 0 fully saturated rings. The van der Waals surface area contributed by atoms with Crippen LogP contribution in [0.25, 0.3) is 0 Å². The van der Waals surface area contributed by atoms with E-state index in [2.05, 4.69) is 5.32 Å². The van der Waals surface area contributed by atoms with Gasteiger partial charge in [0.25, 0.3) is 11.6 Å². The molecule has 9 heteroatoms. The zero-order chi connectivity index (χ0) is 21.6. The van der Waals surface area contributed by atoms with Crippen molar-refractivity contribution < 1.29 is 24.0 Å². The van der Waals surface area contributed by atoms with Crippen molar-refractivity contribution >= 4 is 40.6 Å². The summed E-state index contributed by atoms with van der Waals surface area (Å²) < 4.78 is 4.84. The number of halogens is 1. The van der Waals surface area contributed by atoms with E-state index >= 15 is 0 Å². The lowest BCUT2D eigenvalue weighted by Gasteiger charge is -2.07. The maximum atomic E-state index is 12.2. The number of ketones is 1. The molecule has 0 bridgehead atoms. The molecular formula is C20H19ClN2O6. The predicted octanol–water partition coefficient (Wildman–Crippen LogP) is 4.01. The number of amides is 1. The molecule has 2 aromatic rings. The third kappa shape index (κ3) is 6.39. The Balaban J connectivity index is 1.80. The molecule has 152 valence electrons. The van der Waals surface area contributed by atoms with Gasteiger partial charge in [-0.2, -0.15) is 0 Å². The van der Waals surface area contributed by atoms with Gasteiger partial charge in [-0.3, -0.25) is 24.5 Å². The molecule has 0 unspecified atom stereocenters. The van der Waals surface area contributed by atoms with Crippen LogP contribution >= 0.6 is 11.6 Å². The van der Waals surface area contributed by atoms with Crippen LogP contribution in [-0.4, -0.2) is 29.2 Å². The van der Waals surface area contributed by atoms with E-state index in [9.17, 15) is 24.5 Å². The number of nitrogens with one attached hydrogen (secondary N) is 1. The van der Waals surface area contributed by atoms with Gasteiger partial charge in [0.1, 0.15) is 5.02 Å². The lowest BCUT2D eigenvalue weighted by molar-refractivity contribution is -0.384. The van der Waals surface area contributed by atoms with Gasteiger partial charge in [-0.1, -0.05) is 23.7 Å². The number of hydrogen-bond acceptors (Lipinski definition) is 6. The van der Waals surface area contributed by atoms with Gasteiger partial charge in [-0.15, -0.1) is 0 Å². The molecule has 0 radical (unpaired) electrons. The Morgan fingerprint density at radius 2 is 1.79 bits per heavy atom. The standard InChI is InChI=1S/C20H19ClN2O6/c1-12-3-4-14(9-13(12)2)18(24)7-8-20(26)29-11-19(25)22-15-5-6-16(21)17(10-15)23(27)28/h3-6,9-10H,7-8,11H2,1-2H3,(H,22,25). The molecule has 2 rings (SSSR count). The van der Waals surface area contributed by atoms with Crippen LogP contribution in [0.4, 0.5) is 11.4 Å². The largest absolute Gasteiger partial charge is 0.456 e. The number of nitro groups is 1. The van der Waals surface area contributed by atoms with Gasteiger partial charge < -0.3 is 10.1 Å². The van der Waals surface area contributed by atoms with E-state index in [1.54, 1.807) is 12.1 Å². The number of nitrogens with zero attached hydrogens (tertiary/aromatic N) is 1. The fourth-order valence-electron chi connectivity index (χ4n) is 2.42. The fraction of sp³-hybridized carbons (Fsp3) is 0.250. The molecular weight excluding hydrogens is 400 g/mol. The molecule has 0 aliphatic rings. The minimum absolute atomic E-state index is 0.0354. The van der Waals surface area contributed by atoms with E-state index in [0.717, 1.165) is 17.2 Å². The van der Waals surface area contributed by atoms with Gasteiger partial charge in [-0.05, 0) is 43.2 Å². The SMILES string of the molecule is Cc1ccc(C(=O)CCC(=O)OCC(=O)Nc2ccc(Cl)c([N+](=O)[O-])c2)cc1C. The molecule has 2 aromatic carbocycles. The summed E-state index contributed by atoms with van der Waals surface area (Å²) >= 11 is 5.70. The minimum Gasteiger partial charge on any atom is -0.456 e. The summed E-state index contributed by atoms with van der Waals surface area (Å²) in [4.78, 5) is 46.0. The van der Waals surface area contributed by atoms with Crippen LogP contribution in [0.3, 0.4) is 0 Å². The van der Waals surface area contributed by atoms with E-state index in [-0.39, 0.29) is 35.0 Å². The van der Waals surface area contributed by atoms with Gasteiger partial charge in [0.05, 0.1) is 11.3 Å². The molecule has 0 atom stereocenters. The number of esters is 1. The van der Waals surface area contributed by atoms with Crippen LogP contribution in [0.1, 0.15) is 34.3 Å². The molecule has 0 aliphatic carbocycles. The molecule has 0 saturated heterocycles. The van der Waals surface area contributed by atoms with Crippen molar-refractivity contribution in [1.82, 2.24) is 0 Å². The van der Waals surface area contributed by atoms with Crippen LogP contribution in [0.15, 0.2) is 36.4 Å². The summed E-state index contributed by atoms with van der Waals surface area (Å²) in [6.07, 6.45) is -0.197. The van der Waals surface area contributed by atoms with E-state index in [0.29, 0.717) is 5.56 Å². The van der Waals surface area contributed by atoms with Crippen LogP contribution in [0, 0.1) is 24.0 Å². The summed E-state index contributed by atoms with van der Waals surface area (Å²) in [5.74, 6) is -1.56. The van der Waals surface area contributed by atoms with Crippen molar-refractivity contribution in [2.24, 2.45) is 0 Å². The van der Waals surface area contributed by atoms with E-state index in [1.807, 2.05) is 19.9 Å². The van der Waals surface area contributed by atoms with Crippen molar-refractivity contribution in [3.63, 3.8) is 0 Å². The molecule has 1 amide bonds. The summed E-state index contributed by atoms with van der Waals surface area (Å²) in [6.45, 7) is 3.26. The average Bonchev–Trinajstić information content (AvgIpc) is 2.67. The first-order valence-corrected chi connectivity index (χ1v) is 9.05. The maximum absolute atomic E-state index is 12.2. The molecule has 0 saturated carbocycles. The Morgan fingerprint density at radius 3 is 2.45 bits per heavy atom. The van der Waals surface area contributed by atoms with Crippen molar-refractivity contribution in [1.29, 1.82) is 0 Å². The predicted molar refractivity (Wildman–Crippen MR) is 107 cm³/mol.